The Morgan fingerprint density at radius 3 is 2.65 bits per heavy atom. The molecule has 0 bridgehead atoms. The molecule has 0 atom stereocenters. The highest BCUT2D eigenvalue weighted by molar-refractivity contribution is 6.30. The molecule has 4 nitrogen and oxygen atoms in total. The molecule has 2 aromatic rings. The number of hydrogen-bond donors (Lipinski definition) is 2. The zero-order valence-corrected chi connectivity index (χ0v) is 9.95. The summed E-state index contributed by atoms with van der Waals surface area (Å²) in [5.41, 5.74) is 3.16. The van der Waals surface area contributed by atoms with E-state index in [4.69, 9.17) is 16.7 Å². The largest absolute Gasteiger partial charge is 0.481 e. The van der Waals surface area contributed by atoms with Gasteiger partial charge in [0, 0.05) is 16.3 Å². The maximum atomic E-state index is 10.6. The molecule has 1 aromatic carbocycles. The van der Waals surface area contributed by atoms with Crippen molar-refractivity contribution in [2.24, 2.45) is 0 Å². The van der Waals surface area contributed by atoms with E-state index in [1.807, 2.05) is 19.1 Å². The van der Waals surface area contributed by atoms with Crippen molar-refractivity contribution in [2.45, 2.75) is 13.3 Å². The van der Waals surface area contributed by atoms with Crippen LogP contribution in [0, 0.1) is 6.92 Å². The summed E-state index contributed by atoms with van der Waals surface area (Å²) < 4.78 is 0. The molecule has 0 spiro atoms. The Hall–Kier alpha value is -1.81. The second-order valence-electron chi connectivity index (χ2n) is 3.75. The number of carbonyl (C=O) groups is 1. The van der Waals surface area contributed by atoms with Crippen LogP contribution in [-0.2, 0) is 11.2 Å². The molecule has 17 heavy (non-hydrogen) atoms. The van der Waals surface area contributed by atoms with E-state index in [9.17, 15) is 4.79 Å². The first-order valence-electron chi connectivity index (χ1n) is 5.09. The van der Waals surface area contributed by atoms with E-state index in [-0.39, 0.29) is 6.42 Å². The van der Waals surface area contributed by atoms with Gasteiger partial charge in [0.25, 0.3) is 0 Å². The number of aromatic nitrogens is 2. The molecule has 0 saturated heterocycles. The molecule has 0 aliphatic rings. The maximum Gasteiger partial charge on any atom is 0.309 e. The van der Waals surface area contributed by atoms with Crippen LogP contribution in [-0.4, -0.2) is 21.3 Å². The number of hydrogen-bond acceptors (Lipinski definition) is 2. The number of halogens is 1. The Morgan fingerprint density at radius 1 is 1.41 bits per heavy atom. The van der Waals surface area contributed by atoms with Gasteiger partial charge in [-0.1, -0.05) is 23.7 Å². The summed E-state index contributed by atoms with van der Waals surface area (Å²) in [5.74, 6) is -0.876. The third-order valence-electron chi connectivity index (χ3n) is 2.56. The molecule has 0 aliphatic heterocycles. The third kappa shape index (κ3) is 2.47. The minimum absolute atomic E-state index is 0.0492. The Kier molecular flexibility index (Phi) is 3.15. The zero-order valence-electron chi connectivity index (χ0n) is 9.20. The lowest BCUT2D eigenvalue weighted by Crippen LogP contribution is -2.01. The highest BCUT2D eigenvalue weighted by Crippen LogP contribution is 2.24. The van der Waals surface area contributed by atoms with Gasteiger partial charge in [0.2, 0.25) is 0 Å². The third-order valence-corrected chi connectivity index (χ3v) is 2.81. The molecule has 0 radical (unpaired) electrons. The number of nitrogens with one attached hydrogen (secondary N) is 1. The standard InChI is InChI=1S/C12H11ClN2O2/c1-7-10(6-11(16)17)14-15-12(7)8-2-4-9(13)5-3-8/h2-5H,6H2,1H3,(H,14,15)(H,16,17). The molecular weight excluding hydrogens is 240 g/mol. The van der Waals surface area contributed by atoms with E-state index in [0.29, 0.717) is 10.7 Å². The van der Waals surface area contributed by atoms with Crippen LogP contribution < -0.4 is 0 Å². The first-order chi connectivity index (χ1) is 8.08. The minimum Gasteiger partial charge on any atom is -0.481 e. The Bertz CT molecular complexity index is 546. The van der Waals surface area contributed by atoms with Crippen LogP contribution >= 0.6 is 11.6 Å². The van der Waals surface area contributed by atoms with Gasteiger partial charge in [-0.2, -0.15) is 5.10 Å². The Morgan fingerprint density at radius 2 is 2.06 bits per heavy atom. The number of carboxylic acids is 1. The number of H-pyrrole nitrogens is 1. The number of rotatable bonds is 3. The lowest BCUT2D eigenvalue weighted by atomic mass is 10.1. The van der Waals surface area contributed by atoms with Crippen molar-refractivity contribution in [1.29, 1.82) is 0 Å². The highest BCUT2D eigenvalue weighted by atomic mass is 35.5. The summed E-state index contributed by atoms with van der Waals surface area (Å²) in [6.45, 7) is 1.85. The molecule has 2 rings (SSSR count). The summed E-state index contributed by atoms with van der Waals surface area (Å²) in [4.78, 5) is 10.6. The van der Waals surface area contributed by atoms with Crippen LogP contribution in [0.1, 0.15) is 11.3 Å². The normalized spacial score (nSPS) is 10.5. The number of benzene rings is 1. The first kappa shape index (κ1) is 11.7. The fourth-order valence-corrected chi connectivity index (χ4v) is 1.77. The number of aliphatic carboxylic acids is 1. The van der Waals surface area contributed by atoms with Crippen molar-refractivity contribution >= 4 is 17.6 Å². The van der Waals surface area contributed by atoms with E-state index < -0.39 is 5.97 Å². The molecule has 2 N–H and O–H groups in total. The monoisotopic (exact) mass is 250 g/mol. The van der Waals surface area contributed by atoms with Gasteiger partial charge in [0.1, 0.15) is 0 Å². The number of nitrogens with zero attached hydrogens (tertiary/aromatic N) is 1. The second kappa shape index (κ2) is 4.59. The van der Waals surface area contributed by atoms with Gasteiger partial charge in [-0.15, -0.1) is 0 Å². The molecule has 1 heterocycles. The maximum absolute atomic E-state index is 10.6. The van der Waals surface area contributed by atoms with Crippen LogP contribution in [0.15, 0.2) is 24.3 Å². The van der Waals surface area contributed by atoms with Crippen molar-refractivity contribution in [3.05, 3.63) is 40.5 Å². The lowest BCUT2D eigenvalue weighted by molar-refractivity contribution is -0.136. The Balaban J connectivity index is 2.37. The molecule has 0 unspecified atom stereocenters. The molecule has 0 saturated carbocycles. The molecule has 1 aromatic heterocycles. The fourth-order valence-electron chi connectivity index (χ4n) is 1.65. The van der Waals surface area contributed by atoms with Crippen LogP contribution in [0.3, 0.4) is 0 Å². The average Bonchev–Trinajstić information content (AvgIpc) is 2.61. The summed E-state index contributed by atoms with van der Waals surface area (Å²) in [6.07, 6.45) is -0.0492. The van der Waals surface area contributed by atoms with Gasteiger partial charge in [0.15, 0.2) is 0 Å². The first-order valence-corrected chi connectivity index (χ1v) is 5.47. The topological polar surface area (TPSA) is 66.0 Å². The molecule has 0 amide bonds. The smallest absolute Gasteiger partial charge is 0.309 e. The van der Waals surface area contributed by atoms with Crippen molar-refractivity contribution in [2.75, 3.05) is 0 Å². The summed E-state index contributed by atoms with van der Waals surface area (Å²) >= 11 is 5.81. The van der Waals surface area contributed by atoms with E-state index >= 15 is 0 Å². The molecule has 5 heteroatoms. The Labute approximate surface area is 103 Å². The van der Waals surface area contributed by atoms with Crippen molar-refractivity contribution in [3.8, 4) is 11.3 Å². The van der Waals surface area contributed by atoms with Crippen molar-refractivity contribution < 1.29 is 9.90 Å². The SMILES string of the molecule is Cc1c(-c2ccc(Cl)cc2)n[nH]c1CC(=O)O. The fraction of sp³-hybridized carbons (Fsp3) is 0.167. The van der Waals surface area contributed by atoms with Gasteiger partial charge in [0.05, 0.1) is 12.1 Å². The van der Waals surface area contributed by atoms with Crippen LogP contribution in [0.2, 0.25) is 5.02 Å². The summed E-state index contributed by atoms with van der Waals surface area (Å²) in [7, 11) is 0. The molecule has 0 aliphatic carbocycles. The number of carboxylic acid groups (broad SMARTS) is 1. The highest BCUT2D eigenvalue weighted by Gasteiger charge is 2.12. The van der Waals surface area contributed by atoms with E-state index in [0.717, 1.165) is 16.8 Å². The lowest BCUT2D eigenvalue weighted by Gasteiger charge is -1.99. The molecular formula is C12H11ClN2O2. The van der Waals surface area contributed by atoms with Crippen LogP contribution in [0.25, 0.3) is 11.3 Å². The molecule has 88 valence electrons. The zero-order chi connectivity index (χ0) is 12.4. The van der Waals surface area contributed by atoms with Gasteiger partial charge in [-0.25, -0.2) is 0 Å². The van der Waals surface area contributed by atoms with Gasteiger partial charge in [-0.05, 0) is 24.6 Å². The summed E-state index contributed by atoms with van der Waals surface area (Å²) in [6, 6.07) is 7.27. The second-order valence-corrected chi connectivity index (χ2v) is 4.19. The van der Waals surface area contributed by atoms with Gasteiger partial charge >= 0.3 is 5.97 Å². The van der Waals surface area contributed by atoms with Crippen LogP contribution in [0.5, 0.6) is 0 Å². The summed E-state index contributed by atoms with van der Waals surface area (Å²) in [5, 5.41) is 16.3. The van der Waals surface area contributed by atoms with Gasteiger partial charge in [-0.3, -0.25) is 9.89 Å². The van der Waals surface area contributed by atoms with Gasteiger partial charge < -0.3 is 5.11 Å². The van der Waals surface area contributed by atoms with E-state index in [2.05, 4.69) is 10.2 Å². The quantitative estimate of drug-likeness (QED) is 0.880. The van der Waals surface area contributed by atoms with Crippen molar-refractivity contribution in [3.63, 3.8) is 0 Å². The van der Waals surface area contributed by atoms with Crippen molar-refractivity contribution in [1.82, 2.24) is 10.2 Å². The minimum atomic E-state index is -0.876. The van der Waals surface area contributed by atoms with Crippen LogP contribution in [0.4, 0.5) is 0 Å². The predicted octanol–water partition coefficient (Wildman–Crippen LogP) is 2.67. The van der Waals surface area contributed by atoms with E-state index in [1.165, 1.54) is 0 Å². The average molecular weight is 251 g/mol. The molecule has 0 fully saturated rings. The number of aromatic amines is 1. The predicted molar refractivity (Wildman–Crippen MR) is 65.1 cm³/mol. The van der Waals surface area contributed by atoms with E-state index in [1.54, 1.807) is 12.1 Å².